The minimum Gasteiger partial charge on any atom is -0.449 e. The molecule has 114 valence electrons. The molecule has 1 amide bonds. The number of halogens is 1. The van der Waals surface area contributed by atoms with Crippen molar-refractivity contribution in [2.24, 2.45) is 0 Å². The second kappa shape index (κ2) is 5.67. The third-order valence-corrected chi connectivity index (χ3v) is 3.86. The van der Waals surface area contributed by atoms with E-state index in [9.17, 15) is 9.18 Å². The van der Waals surface area contributed by atoms with Gasteiger partial charge in [0, 0.05) is 17.7 Å². The average Bonchev–Trinajstić information content (AvgIpc) is 2.69. The monoisotopic (exact) mass is 300 g/mol. The van der Waals surface area contributed by atoms with Crippen molar-refractivity contribution in [2.45, 2.75) is 19.9 Å². The summed E-state index contributed by atoms with van der Waals surface area (Å²) in [5.41, 5.74) is 9.39. The Hall–Kier alpha value is -2.56. The number of amides is 1. The van der Waals surface area contributed by atoms with E-state index < -0.39 is 6.09 Å². The summed E-state index contributed by atoms with van der Waals surface area (Å²) in [6.07, 6.45) is 0.00925. The standard InChI is InChI=1S/C17H17FN2O2/c1-2-22-17(21)20-10-13-12(15(19)8-7-14(13)18)9-11-5-3-4-6-16(11)20/h3-8H,2,9-10,19H2,1H3. The van der Waals surface area contributed by atoms with Gasteiger partial charge in [-0.3, -0.25) is 4.90 Å². The molecule has 1 aliphatic rings. The van der Waals surface area contributed by atoms with Crippen LogP contribution in [0.25, 0.3) is 0 Å². The van der Waals surface area contributed by atoms with E-state index in [0.29, 0.717) is 17.7 Å². The van der Waals surface area contributed by atoms with Crippen molar-refractivity contribution in [1.82, 2.24) is 0 Å². The molecule has 0 spiro atoms. The van der Waals surface area contributed by atoms with Crippen molar-refractivity contribution in [3.63, 3.8) is 0 Å². The second-order valence-corrected chi connectivity index (χ2v) is 5.18. The molecular formula is C17H17FN2O2. The SMILES string of the molecule is CCOC(=O)N1Cc2c(F)ccc(N)c2Cc2ccccc21. The van der Waals surface area contributed by atoms with Crippen LogP contribution in [-0.2, 0) is 17.7 Å². The summed E-state index contributed by atoms with van der Waals surface area (Å²) in [5, 5.41) is 0. The summed E-state index contributed by atoms with van der Waals surface area (Å²) in [6, 6.07) is 10.4. The Morgan fingerprint density at radius 3 is 2.82 bits per heavy atom. The van der Waals surface area contributed by atoms with Gasteiger partial charge in [0.1, 0.15) is 5.82 Å². The summed E-state index contributed by atoms with van der Waals surface area (Å²) >= 11 is 0. The van der Waals surface area contributed by atoms with Crippen LogP contribution in [0, 0.1) is 5.82 Å². The first-order valence-corrected chi connectivity index (χ1v) is 7.19. The predicted molar refractivity (Wildman–Crippen MR) is 83.3 cm³/mol. The third kappa shape index (κ3) is 2.39. The number of para-hydroxylation sites is 1. The topological polar surface area (TPSA) is 55.6 Å². The zero-order valence-corrected chi connectivity index (χ0v) is 12.3. The molecule has 4 nitrogen and oxygen atoms in total. The molecule has 0 unspecified atom stereocenters. The van der Waals surface area contributed by atoms with Gasteiger partial charge >= 0.3 is 6.09 Å². The summed E-state index contributed by atoms with van der Waals surface area (Å²) in [7, 11) is 0. The zero-order valence-electron chi connectivity index (χ0n) is 12.3. The van der Waals surface area contributed by atoms with Crippen LogP contribution in [0.15, 0.2) is 36.4 Å². The van der Waals surface area contributed by atoms with E-state index in [4.69, 9.17) is 10.5 Å². The van der Waals surface area contributed by atoms with Gasteiger partial charge in [-0.2, -0.15) is 0 Å². The summed E-state index contributed by atoms with van der Waals surface area (Å²) in [6.45, 7) is 2.12. The fourth-order valence-electron chi connectivity index (χ4n) is 2.78. The average molecular weight is 300 g/mol. The van der Waals surface area contributed by atoms with E-state index in [1.165, 1.54) is 11.0 Å². The number of anilines is 2. The third-order valence-electron chi connectivity index (χ3n) is 3.86. The number of hydrogen-bond acceptors (Lipinski definition) is 3. The molecule has 3 rings (SSSR count). The smallest absolute Gasteiger partial charge is 0.414 e. The molecule has 0 fully saturated rings. The highest BCUT2D eigenvalue weighted by atomic mass is 19.1. The predicted octanol–water partition coefficient (Wildman–Crippen LogP) is 3.48. The highest BCUT2D eigenvalue weighted by Crippen LogP contribution is 2.34. The number of carbonyl (C=O) groups is 1. The molecule has 0 saturated heterocycles. The molecule has 0 radical (unpaired) electrons. The summed E-state index contributed by atoms with van der Waals surface area (Å²) < 4.78 is 19.4. The first kappa shape index (κ1) is 14.4. The molecule has 22 heavy (non-hydrogen) atoms. The van der Waals surface area contributed by atoms with E-state index in [1.807, 2.05) is 24.3 Å². The van der Waals surface area contributed by atoms with Gasteiger partial charge in [0.05, 0.1) is 18.8 Å². The maximum atomic E-state index is 14.2. The van der Waals surface area contributed by atoms with Gasteiger partial charge in [-0.1, -0.05) is 18.2 Å². The number of nitrogens with two attached hydrogens (primary N) is 1. The van der Waals surface area contributed by atoms with Crippen LogP contribution >= 0.6 is 0 Å². The lowest BCUT2D eigenvalue weighted by molar-refractivity contribution is 0.159. The van der Waals surface area contributed by atoms with Crippen LogP contribution in [0.2, 0.25) is 0 Å². The summed E-state index contributed by atoms with van der Waals surface area (Å²) in [5.74, 6) is -0.355. The van der Waals surface area contributed by atoms with Gasteiger partial charge in [0.25, 0.3) is 0 Å². The maximum Gasteiger partial charge on any atom is 0.414 e. The molecule has 0 aliphatic carbocycles. The van der Waals surface area contributed by atoms with Crippen LogP contribution in [0.3, 0.4) is 0 Å². The largest absolute Gasteiger partial charge is 0.449 e. The molecule has 1 heterocycles. The van der Waals surface area contributed by atoms with Gasteiger partial charge in [0.2, 0.25) is 0 Å². The number of nitrogens with zero attached hydrogens (tertiary/aromatic N) is 1. The molecule has 2 aromatic carbocycles. The normalized spacial score (nSPS) is 13.1. The molecule has 2 aromatic rings. The minimum absolute atomic E-state index is 0.113. The summed E-state index contributed by atoms with van der Waals surface area (Å²) in [4.78, 5) is 13.7. The first-order valence-electron chi connectivity index (χ1n) is 7.19. The highest BCUT2D eigenvalue weighted by molar-refractivity contribution is 5.89. The van der Waals surface area contributed by atoms with Crippen molar-refractivity contribution >= 4 is 17.5 Å². The molecule has 0 bridgehead atoms. The Morgan fingerprint density at radius 2 is 2.05 bits per heavy atom. The molecule has 0 aromatic heterocycles. The molecule has 1 aliphatic heterocycles. The number of ether oxygens (including phenoxy) is 1. The Balaban J connectivity index is 2.16. The molecule has 0 saturated carbocycles. The van der Waals surface area contributed by atoms with Gasteiger partial charge in [-0.05, 0) is 36.2 Å². The molecule has 0 atom stereocenters. The molecule has 5 heteroatoms. The van der Waals surface area contributed by atoms with Gasteiger partial charge < -0.3 is 10.5 Å². The van der Waals surface area contributed by atoms with Gasteiger partial charge in [-0.25, -0.2) is 9.18 Å². The van der Waals surface area contributed by atoms with Crippen LogP contribution in [0.4, 0.5) is 20.6 Å². The lowest BCUT2D eigenvalue weighted by Crippen LogP contribution is -2.31. The quantitative estimate of drug-likeness (QED) is 0.820. The van der Waals surface area contributed by atoms with Gasteiger partial charge in [-0.15, -0.1) is 0 Å². The lowest BCUT2D eigenvalue weighted by atomic mass is 9.98. The minimum atomic E-state index is -0.482. The van der Waals surface area contributed by atoms with Gasteiger partial charge in [0.15, 0.2) is 0 Å². The van der Waals surface area contributed by atoms with E-state index in [-0.39, 0.29) is 19.0 Å². The Labute approximate surface area is 128 Å². The number of fused-ring (bicyclic) bond motifs is 2. The maximum absolute atomic E-state index is 14.2. The van der Waals surface area contributed by atoms with Crippen LogP contribution in [0.1, 0.15) is 23.6 Å². The number of nitrogen functional groups attached to an aromatic ring is 1. The fourth-order valence-corrected chi connectivity index (χ4v) is 2.78. The number of hydrogen-bond donors (Lipinski definition) is 1. The Morgan fingerprint density at radius 1 is 1.27 bits per heavy atom. The fraction of sp³-hybridized carbons (Fsp3) is 0.235. The number of carbonyl (C=O) groups excluding carboxylic acids is 1. The van der Waals surface area contributed by atoms with Crippen LogP contribution in [0.5, 0.6) is 0 Å². The van der Waals surface area contributed by atoms with Crippen LogP contribution < -0.4 is 10.6 Å². The van der Waals surface area contributed by atoms with E-state index in [1.54, 1.807) is 13.0 Å². The second-order valence-electron chi connectivity index (χ2n) is 5.18. The zero-order chi connectivity index (χ0) is 15.7. The Kier molecular flexibility index (Phi) is 3.71. The number of benzene rings is 2. The highest BCUT2D eigenvalue weighted by Gasteiger charge is 2.27. The van der Waals surface area contributed by atoms with Crippen molar-refractivity contribution in [1.29, 1.82) is 0 Å². The van der Waals surface area contributed by atoms with Crippen molar-refractivity contribution in [3.05, 3.63) is 58.9 Å². The lowest BCUT2D eigenvalue weighted by Gasteiger charge is -2.22. The van der Waals surface area contributed by atoms with E-state index in [2.05, 4.69) is 0 Å². The molecular weight excluding hydrogens is 283 g/mol. The van der Waals surface area contributed by atoms with Crippen LogP contribution in [-0.4, -0.2) is 12.7 Å². The van der Waals surface area contributed by atoms with Crippen molar-refractivity contribution in [2.75, 3.05) is 17.2 Å². The van der Waals surface area contributed by atoms with E-state index in [0.717, 1.165) is 16.8 Å². The van der Waals surface area contributed by atoms with Crippen molar-refractivity contribution in [3.8, 4) is 0 Å². The molecule has 2 N–H and O–H groups in total. The number of rotatable bonds is 1. The van der Waals surface area contributed by atoms with E-state index >= 15 is 0 Å². The first-order chi connectivity index (χ1) is 10.6. The van der Waals surface area contributed by atoms with Crippen molar-refractivity contribution < 1.29 is 13.9 Å². The Bertz CT molecular complexity index is 731.